The van der Waals surface area contributed by atoms with Gasteiger partial charge in [0.05, 0.1) is 0 Å². The molecule has 1 fully saturated rings. The molecular weight excluding hydrogens is 198 g/mol. The number of carbonyl (C=O) groups excluding carboxylic acids is 1. The van der Waals surface area contributed by atoms with Crippen molar-refractivity contribution in [1.29, 1.82) is 0 Å². The maximum atomic E-state index is 11.6. The zero-order valence-electron chi connectivity index (χ0n) is 8.82. The van der Waals surface area contributed by atoms with Gasteiger partial charge in [-0.2, -0.15) is 0 Å². The van der Waals surface area contributed by atoms with Crippen LogP contribution in [0.3, 0.4) is 0 Å². The summed E-state index contributed by atoms with van der Waals surface area (Å²) in [5.41, 5.74) is 2.95. The minimum atomic E-state index is -1.03. The van der Waals surface area contributed by atoms with Gasteiger partial charge in [-0.1, -0.05) is 6.42 Å². The Morgan fingerprint density at radius 1 is 1.40 bits per heavy atom. The van der Waals surface area contributed by atoms with Gasteiger partial charge in [-0.05, 0) is 19.8 Å². The Kier molecular flexibility index (Phi) is 4.36. The molecule has 1 rings (SSSR count). The molecule has 15 heavy (non-hydrogen) atoms. The lowest BCUT2D eigenvalue weighted by molar-refractivity contribution is -0.138. The van der Waals surface area contributed by atoms with Crippen molar-refractivity contribution >= 4 is 12.0 Å². The summed E-state index contributed by atoms with van der Waals surface area (Å²) in [4.78, 5) is 22.1. The number of aliphatic carboxylic acids is 1. The molecule has 6 heteroatoms. The van der Waals surface area contributed by atoms with Crippen LogP contribution in [0, 0.1) is 0 Å². The fourth-order valence-corrected chi connectivity index (χ4v) is 1.36. The molecule has 1 unspecified atom stereocenters. The van der Waals surface area contributed by atoms with Crippen molar-refractivity contribution in [2.24, 2.45) is 0 Å². The number of rotatable bonds is 2. The van der Waals surface area contributed by atoms with Gasteiger partial charge in [-0.25, -0.2) is 10.2 Å². The van der Waals surface area contributed by atoms with E-state index < -0.39 is 12.0 Å². The zero-order chi connectivity index (χ0) is 11.3. The Balaban J connectivity index is 2.41. The van der Waals surface area contributed by atoms with E-state index in [2.05, 4.69) is 10.7 Å². The summed E-state index contributed by atoms with van der Waals surface area (Å²) >= 11 is 0. The van der Waals surface area contributed by atoms with Crippen molar-refractivity contribution in [2.45, 2.75) is 32.2 Å². The number of nitrogens with zero attached hydrogens (tertiary/aromatic N) is 1. The van der Waals surface area contributed by atoms with Crippen molar-refractivity contribution in [3.05, 3.63) is 0 Å². The van der Waals surface area contributed by atoms with Crippen LogP contribution in [0.15, 0.2) is 0 Å². The Morgan fingerprint density at radius 2 is 2.13 bits per heavy atom. The van der Waals surface area contributed by atoms with E-state index in [1.54, 1.807) is 0 Å². The SMILES string of the molecule is CC(NC(=O)N1CCCCCN1)C(=O)O. The Hall–Kier alpha value is -1.30. The first-order chi connectivity index (χ1) is 7.11. The van der Waals surface area contributed by atoms with Gasteiger partial charge >= 0.3 is 12.0 Å². The minimum Gasteiger partial charge on any atom is -0.480 e. The Bertz CT molecular complexity index is 237. The lowest BCUT2D eigenvalue weighted by atomic mass is 10.2. The molecule has 0 spiro atoms. The second-order valence-corrected chi connectivity index (χ2v) is 3.63. The third-order valence-corrected chi connectivity index (χ3v) is 2.32. The summed E-state index contributed by atoms with van der Waals surface area (Å²) in [5, 5.41) is 12.5. The topological polar surface area (TPSA) is 81.7 Å². The molecule has 0 aliphatic carbocycles. The van der Waals surface area contributed by atoms with Gasteiger partial charge in [0.25, 0.3) is 0 Å². The van der Waals surface area contributed by atoms with E-state index in [-0.39, 0.29) is 6.03 Å². The van der Waals surface area contributed by atoms with Crippen LogP contribution in [0.25, 0.3) is 0 Å². The second kappa shape index (κ2) is 5.55. The summed E-state index contributed by atoms with van der Waals surface area (Å²) < 4.78 is 0. The highest BCUT2D eigenvalue weighted by atomic mass is 16.4. The molecule has 1 aliphatic rings. The van der Waals surface area contributed by atoms with E-state index in [1.807, 2.05) is 0 Å². The molecule has 0 aromatic carbocycles. The summed E-state index contributed by atoms with van der Waals surface area (Å²) in [5.74, 6) is -1.03. The van der Waals surface area contributed by atoms with Crippen LogP contribution in [-0.2, 0) is 4.79 Å². The molecule has 1 atom stereocenters. The van der Waals surface area contributed by atoms with E-state index in [4.69, 9.17) is 5.11 Å². The number of amides is 2. The number of carboxylic acids is 1. The molecular formula is C9H17N3O3. The van der Waals surface area contributed by atoms with Gasteiger partial charge < -0.3 is 10.4 Å². The maximum absolute atomic E-state index is 11.6. The average Bonchev–Trinajstić information content (AvgIpc) is 2.45. The molecule has 0 radical (unpaired) electrons. The largest absolute Gasteiger partial charge is 0.480 e. The van der Waals surface area contributed by atoms with Crippen molar-refractivity contribution < 1.29 is 14.7 Å². The van der Waals surface area contributed by atoms with Crippen LogP contribution in [0.4, 0.5) is 4.79 Å². The van der Waals surface area contributed by atoms with Gasteiger partial charge in [-0.3, -0.25) is 9.80 Å². The summed E-state index contributed by atoms with van der Waals surface area (Å²) in [6, 6.07) is -1.23. The van der Waals surface area contributed by atoms with E-state index in [9.17, 15) is 9.59 Å². The molecule has 0 aromatic rings. The fraction of sp³-hybridized carbons (Fsp3) is 0.778. The lowest BCUT2D eigenvalue weighted by Gasteiger charge is -2.22. The van der Waals surface area contributed by atoms with E-state index in [0.29, 0.717) is 6.54 Å². The van der Waals surface area contributed by atoms with Crippen LogP contribution >= 0.6 is 0 Å². The fourth-order valence-electron chi connectivity index (χ4n) is 1.36. The smallest absolute Gasteiger partial charge is 0.332 e. The van der Waals surface area contributed by atoms with Gasteiger partial charge in [0, 0.05) is 13.1 Å². The molecule has 1 saturated heterocycles. The standard InChI is InChI=1S/C9H17N3O3/c1-7(8(13)14)11-9(15)12-6-4-2-3-5-10-12/h7,10H,2-6H2,1H3,(H,11,15)(H,13,14). The first-order valence-electron chi connectivity index (χ1n) is 5.15. The summed E-state index contributed by atoms with van der Waals surface area (Å²) in [6.45, 7) is 2.82. The molecule has 86 valence electrons. The average molecular weight is 215 g/mol. The third kappa shape index (κ3) is 3.75. The number of urea groups is 1. The molecule has 2 amide bonds. The van der Waals surface area contributed by atoms with Crippen LogP contribution in [0.2, 0.25) is 0 Å². The van der Waals surface area contributed by atoms with Crippen LogP contribution in [0.5, 0.6) is 0 Å². The molecule has 0 saturated carbocycles. The maximum Gasteiger partial charge on any atom is 0.332 e. The molecule has 1 heterocycles. The number of hydrogen-bond donors (Lipinski definition) is 3. The van der Waals surface area contributed by atoms with Crippen molar-refractivity contribution in [3.63, 3.8) is 0 Å². The minimum absolute atomic E-state index is 0.369. The molecule has 0 aromatic heterocycles. The first kappa shape index (κ1) is 11.8. The third-order valence-electron chi connectivity index (χ3n) is 2.32. The van der Waals surface area contributed by atoms with Gasteiger partial charge in [0.2, 0.25) is 0 Å². The Labute approximate surface area is 88.6 Å². The number of carbonyl (C=O) groups is 2. The molecule has 0 bridgehead atoms. The first-order valence-corrected chi connectivity index (χ1v) is 5.15. The van der Waals surface area contributed by atoms with E-state index in [0.717, 1.165) is 25.8 Å². The predicted octanol–water partition coefficient (Wildman–Crippen LogP) is 0.160. The Morgan fingerprint density at radius 3 is 2.80 bits per heavy atom. The molecule has 3 N–H and O–H groups in total. The molecule has 1 aliphatic heterocycles. The summed E-state index contributed by atoms with van der Waals surface area (Å²) in [7, 11) is 0. The summed E-state index contributed by atoms with van der Waals surface area (Å²) in [6.07, 6.45) is 3.07. The number of hydrogen-bond acceptors (Lipinski definition) is 3. The predicted molar refractivity (Wildman–Crippen MR) is 54.2 cm³/mol. The highest BCUT2D eigenvalue weighted by Crippen LogP contribution is 2.02. The van der Waals surface area contributed by atoms with Gasteiger partial charge in [0.15, 0.2) is 0 Å². The van der Waals surface area contributed by atoms with Gasteiger partial charge in [-0.15, -0.1) is 0 Å². The van der Waals surface area contributed by atoms with E-state index in [1.165, 1.54) is 11.9 Å². The second-order valence-electron chi connectivity index (χ2n) is 3.63. The highest BCUT2D eigenvalue weighted by Gasteiger charge is 2.19. The lowest BCUT2D eigenvalue weighted by Crippen LogP contribution is -2.51. The van der Waals surface area contributed by atoms with Crippen LogP contribution in [-0.4, -0.2) is 41.2 Å². The van der Waals surface area contributed by atoms with Crippen LogP contribution in [0.1, 0.15) is 26.2 Å². The van der Waals surface area contributed by atoms with Gasteiger partial charge in [0.1, 0.15) is 6.04 Å². The van der Waals surface area contributed by atoms with Crippen molar-refractivity contribution in [2.75, 3.05) is 13.1 Å². The van der Waals surface area contributed by atoms with Crippen LogP contribution < -0.4 is 10.7 Å². The number of nitrogens with one attached hydrogen (secondary N) is 2. The van der Waals surface area contributed by atoms with Crippen molar-refractivity contribution in [1.82, 2.24) is 15.8 Å². The van der Waals surface area contributed by atoms with Crippen molar-refractivity contribution in [3.8, 4) is 0 Å². The molecule has 6 nitrogen and oxygen atoms in total. The number of carboxylic acid groups (broad SMARTS) is 1. The zero-order valence-corrected chi connectivity index (χ0v) is 8.82. The number of hydrazine groups is 1. The normalized spacial score (nSPS) is 19.1. The highest BCUT2D eigenvalue weighted by molar-refractivity contribution is 5.81. The monoisotopic (exact) mass is 215 g/mol. The quantitative estimate of drug-likeness (QED) is 0.613. The van der Waals surface area contributed by atoms with E-state index >= 15 is 0 Å².